The minimum absolute atomic E-state index is 0.387. The summed E-state index contributed by atoms with van der Waals surface area (Å²) >= 11 is 0. The van der Waals surface area contributed by atoms with Crippen LogP contribution >= 0.6 is 0 Å². The maximum atomic E-state index is 9.07. The van der Waals surface area contributed by atoms with E-state index < -0.39 is 0 Å². The summed E-state index contributed by atoms with van der Waals surface area (Å²) in [5.74, 6) is 1.42. The quantitative estimate of drug-likeness (QED) is 0.802. The van der Waals surface area contributed by atoms with Gasteiger partial charge in [0.25, 0.3) is 0 Å². The molecule has 2 rings (SSSR count). The highest BCUT2D eigenvalue weighted by Crippen LogP contribution is 2.30. The van der Waals surface area contributed by atoms with Crippen LogP contribution in [-0.2, 0) is 6.42 Å². The summed E-state index contributed by atoms with van der Waals surface area (Å²) in [6.07, 6.45) is 6.24. The molecule has 1 N–H and O–H groups in total. The first-order valence-corrected chi connectivity index (χ1v) is 6.03. The lowest BCUT2D eigenvalue weighted by molar-refractivity contribution is 0.167. The Hall–Kier alpha value is -0.820. The van der Waals surface area contributed by atoms with Gasteiger partial charge in [-0.1, -0.05) is 30.3 Å². The van der Waals surface area contributed by atoms with E-state index in [9.17, 15) is 0 Å². The first kappa shape index (κ1) is 10.7. The minimum atomic E-state index is 0.387. The highest BCUT2D eigenvalue weighted by atomic mass is 16.3. The van der Waals surface area contributed by atoms with Crippen molar-refractivity contribution in [3.8, 4) is 0 Å². The molecule has 1 aromatic carbocycles. The molecular formula is C14H20O. The third kappa shape index (κ3) is 3.07. The molecule has 0 spiro atoms. The zero-order valence-corrected chi connectivity index (χ0v) is 9.23. The van der Waals surface area contributed by atoms with E-state index in [1.54, 1.807) is 0 Å². The zero-order valence-electron chi connectivity index (χ0n) is 9.23. The molecule has 0 radical (unpaired) electrons. The number of hydrogen-bond donors (Lipinski definition) is 1. The van der Waals surface area contributed by atoms with E-state index in [1.165, 1.54) is 37.7 Å². The molecule has 0 bridgehead atoms. The Bertz CT molecular complexity index is 273. The average Bonchev–Trinajstić information content (AvgIpc) is 2.31. The lowest BCUT2D eigenvalue weighted by Gasteiger charge is -2.27. The summed E-state index contributed by atoms with van der Waals surface area (Å²) in [5, 5.41) is 9.07. The van der Waals surface area contributed by atoms with Gasteiger partial charge in [0, 0.05) is 6.61 Å². The van der Waals surface area contributed by atoms with Crippen LogP contribution in [0.4, 0.5) is 0 Å². The molecule has 1 fully saturated rings. The molecule has 0 heterocycles. The molecule has 0 aromatic heterocycles. The van der Waals surface area contributed by atoms with Gasteiger partial charge in [-0.2, -0.15) is 0 Å². The van der Waals surface area contributed by atoms with Crippen molar-refractivity contribution in [3.63, 3.8) is 0 Å². The topological polar surface area (TPSA) is 20.2 Å². The van der Waals surface area contributed by atoms with Crippen molar-refractivity contribution in [3.05, 3.63) is 35.9 Å². The first-order valence-electron chi connectivity index (χ1n) is 6.03. The van der Waals surface area contributed by atoms with Gasteiger partial charge in [0.15, 0.2) is 0 Å². The fourth-order valence-electron chi connectivity index (χ4n) is 2.57. The molecule has 1 aliphatic carbocycles. The smallest absolute Gasteiger partial charge is 0.0459 e. The Morgan fingerprint density at radius 1 is 0.933 bits per heavy atom. The molecule has 1 aliphatic rings. The Labute approximate surface area is 92.1 Å². The van der Waals surface area contributed by atoms with Crippen LogP contribution in [0.25, 0.3) is 0 Å². The number of rotatable bonds is 3. The Balaban J connectivity index is 1.82. The van der Waals surface area contributed by atoms with Gasteiger partial charge in [0.05, 0.1) is 0 Å². The van der Waals surface area contributed by atoms with Crippen LogP contribution in [0.15, 0.2) is 30.3 Å². The van der Waals surface area contributed by atoms with Crippen LogP contribution in [0.2, 0.25) is 0 Å². The summed E-state index contributed by atoms with van der Waals surface area (Å²) < 4.78 is 0. The van der Waals surface area contributed by atoms with Gasteiger partial charge in [-0.25, -0.2) is 0 Å². The number of aliphatic hydroxyl groups is 1. The molecule has 0 saturated heterocycles. The summed E-state index contributed by atoms with van der Waals surface area (Å²) in [5.41, 5.74) is 1.46. The summed E-state index contributed by atoms with van der Waals surface area (Å²) in [6, 6.07) is 10.8. The summed E-state index contributed by atoms with van der Waals surface area (Å²) in [6.45, 7) is 0.387. The van der Waals surface area contributed by atoms with Crippen molar-refractivity contribution < 1.29 is 5.11 Å². The Morgan fingerprint density at radius 3 is 2.13 bits per heavy atom. The van der Waals surface area contributed by atoms with Crippen LogP contribution in [0, 0.1) is 11.8 Å². The second-order valence-electron chi connectivity index (χ2n) is 4.76. The molecule has 82 valence electrons. The largest absolute Gasteiger partial charge is 0.396 e. The third-order valence-electron chi connectivity index (χ3n) is 3.59. The first-order chi connectivity index (χ1) is 7.38. The van der Waals surface area contributed by atoms with Crippen LogP contribution in [0.3, 0.4) is 0 Å². The molecule has 1 saturated carbocycles. The van der Waals surface area contributed by atoms with Crippen molar-refractivity contribution >= 4 is 0 Å². The molecule has 15 heavy (non-hydrogen) atoms. The van der Waals surface area contributed by atoms with Gasteiger partial charge in [-0.3, -0.25) is 0 Å². The molecule has 0 atom stereocenters. The van der Waals surface area contributed by atoms with Gasteiger partial charge < -0.3 is 5.11 Å². The Morgan fingerprint density at radius 2 is 1.53 bits per heavy atom. The number of benzene rings is 1. The van der Waals surface area contributed by atoms with Crippen molar-refractivity contribution in [1.82, 2.24) is 0 Å². The minimum Gasteiger partial charge on any atom is -0.396 e. The predicted octanol–water partition coefficient (Wildman–Crippen LogP) is 3.03. The van der Waals surface area contributed by atoms with E-state index in [0.29, 0.717) is 12.5 Å². The van der Waals surface area contributed by atoms with E-state index >= 15 is 0 Å². The molecule has 0 amide bonds. The van der Waals surface area contributed by atoms with Crippen molar-refractivity contribution in [2.75, 3.05) is 6.61 Å². The van der Waals surface area contributed by atoms with Crippen LogP contribution in [0.1, 0.15) is 31.2 Å². The summed E-state index contributed by atoms with van der Waals surface area (Å²) in [7, 11) is 0. The second-order valence-corrected chi connectivity index (χ2v) is 4.76. The van der Waals surface area contributed by atoms with Gasteiger partial charge in [0.2, 0.25) is 0 Å². The fourth-order valence-corrected chi connectivity index (χ4v) is 2.57. The van der Waals surface area contributed by atoms with Crippen molar-refractivity contribution in [2.45, 2.75) is 32.1 Å². The van der Waals surface area contributed by atoms with E-state index in [1.807, 2.05) is 0 Å². The summed E-state index contributed by atoms with van der Waals surface area (Å²) in [4.78, 5) is 0. The van der Waals surface area contributed by atoms with Crippen LogP contribution in [0.5, 0.6) is 0 Å². The van der Waals surface area contributed by atoms with E-state index in [2.05, 4.69) is 30.3 Å². The van der Waals surface area contributed by atoms with E-state index in [4.69, 9.17) is 5.11 Å². The van der Waals surface area contributed by atoms with E-state index in [0.717, 1.165) is 5.92 Å². The highest BCUT2D eigenvalue weighted by Gasteiger charge is 2.20. The standard InChI is InChI=1S/C14H20O/c15-11-14-8-6-13(7-9-14)10-12-4-2-1-3-5-12/h1-5,13-15H,6-11H2/t13-,14-. The second kappa shape index (κ2) is 5.32. The Kier molecular flexibility index (Phi) is 3.79. The van der Waals surface area contributed by atoms with Crippen molar-refractivity contribution in [1.29, 1.82) is 0 Å². The van der Waals surface area contributed by atoms with Gasteiger partial charge in [0.1, 0.15) is 0 Å². The van der Waals surface area contributed by atoms with E-state index in [-0.39, 0.29) is 0 Å². The van der Waals surface area contributed by atoms with Gasteiger partial charge >= 0.3 is 0 Å². The van der Waals surface area contributed by atoms with Crippen molar-refractivity contribution in [2.24, 2.45) is 11.8 Å². The predicted molar refractivity (Wildman–Crippen MR) is 62.7 cm³/mol. The normalized spacial score (nSPS) is 26.5. The lowest BCUT2D eigenvalue weighted by atomic mass is 9.80. The van der Waals surface area contributed by atoms with Gasteiger partial charge in [-0.15, -0.1) is 0 Å². The zero-order chi connectivity index (χ0) is 10.5. The third-order valence-corrected chi connectivity index (χ3v) is 3.59. The molecule has 1 heteroatoms. The fraction of sp³-hybridized carbons (Fsp3) is 0.571. The maximum absolute atomic E-state index is 9.07. The number of hydrogen-bond acceptors (Lipinski definition) is 1. The maximum Gasteiger partial charge on any atom is 0.0459 e. The van der Waals surface area contributed by atoms with Crippen LogP contribution in [-0.4, -0.2) is 11.7 Å². The lowest BCUT2D eigenvalue weighted by Crippen LogP contribution is -2.18. The molecule has 0 unspecified atom stereocenters. The average molecular weight is 204 g/mol. The van der Waals surface area contributed by atoms with Crippen LogP contribution < -0.4 is 0 Å². The number of aliphatic hydroxyl groups excluding tert-OH is 1. The van der Waals surface area contributed by atoms with Gasteiger partial charge in [-0.05, 0) is 49.5 Å². The SMILES string of the molecule is OC[C@H]1CC[C@H](Cc2ccccc2)CC1. The molecular weight excluding hydrogens is 184 g/mol. The molecule has 0 aliphatic heterocycles. The monoisotopic (exact) mass is 204 g/mol. The molecule has 1 nitrogen and oxygen atoms in total. The molecule has 1 aromatic rings. The highest BCUT2D eigenvalue weighted by molar-refractivity contribution is 5.15.